The summed E-state index contributed by atoms with van der Waals surface area (Å²) in [6.07, 6.45) is 5.33. The highest BCUT2D eigenvalue weighted by Crippen LogP contribution is 2.33. The molecule has 0 unspecified atom stereocenters. The molecule has 1 saturated heterocycles. The lowest BCUT2D eigenvalue weighted by atomic mass is 10.1. The van der Waals surface area contributed by atoms with Crippen LogP contribution in [0.2, 0.25) is 0 Å². The van der Waals surface area contributed by atoms with E-state index in [1.165, 1.54) is 6.20 Å². The van der Waals surface area contributed by atoms with Crippen molar-refractivity contribution in [3.05, 3.63) is 54.0 Å². The van der Waals surface area contributed by atoms with Gasteiger partial charge in [-0.1, -0.05) is 6.07 Å². The highest BCUT2D eigenvalue weighted by atomic mass is 16.4. The van der Waals surface area contributed by atoms with Crippen LogP contribution in [0.3, 0.4) is 0 Å². The molecule has 5 heteroatoms. The average molecular weight is 269 g/mol. The molecule has 1 N–H and O–H groups in total. The predicted octanol–water partition coefficient (Wildman–Crippen LogP) is 2.52. The smallest absolute Gasteiger partial charge is 0.337 e. The van der Waals surface area contributed by atoms with E-state index in [9.17, 15) is 4.79 Å². The summed E-state index contributed by atoms with van der Waals surface area (Å²) in [5.74, 6) is -0.144. The Morgan fingerprint density at radius 1 is 1.25 bits per heavy atom. The van der Waals surface area contributed by atoms with Gasteiger partial charge in [-0.3, -0.25) is 4.98 Å². The van der Waals surface area contributed by atoms with Gasteiger partial charge in [0.2, 0.25) is 0 Å². The van der Waals surface area contributed by atoms with Crippen LogP contribution >= 0.6 is 0 Å². The van der Waals surface area contributed by atoms with E-state index in [1.807, 2.05) is 18.2 Å². The van der Waals surface area contributed by atoms with E-state index in [0.29, 0.717) is 0 Å². The molecule has 5 nitrogen and oxygen atoms in total. The SMILES string of the molecule is O=C(O)c1ccc(N2CCC[C@H]2c2ccccn2)nc1. The molecule has 3 heterocycles. The fourth-order valence-corrected chi connectivity index (χ4v) is 2.60. The number of aromatic nitrogens is 2. The van der Waals surface area contributed by atoms with Crippen molar-refractivity contribution in [2.75, 3.05) is 11.4 Å². The van der Waals surface area contributed by atoms with Crippen molar-refractivity contribution in [1.82, 2.24) is 9.97 Å². The van der Waals surface area contributed by atoms with Gasteiger partial charge in [0.1, 0.15) is 5.82 Å². The molecule has 2 aromatic rings. The highest BCUT2D eigenvalue weighted by molar-refractivity contribution is 5.87. The Morgan fingerprint density at radius 3 is 2.80 bits per heavy atom. The van der Waals surface area contributed by atoms with Crippen LogP contribution in [0.25, 0.3) is 0 Å². The van der Waals surface area contributed by atoms with Gasteiger partial charge in [0, 0.05) is 18.9 Å². The lowest BCUT2D eigenvalue weighted by Crippen LogP contribution is -2.24. The summed E-state index contributed by atoms with van der Waals surface area (Å²) in [5.41, 5.74) is 1.25. The van der Waals surface area contributed by atoms with Crippen LogP contribution in [0.15, 0.2) is 42.7 Å². The van der Waals surface area contributed by atoms with E-state index in [2.05, 4.69) is 14.9 Å². The Hall–Kier alpha value is -2.43. The maximum Gasteiger partial charge on any atom is 0.337 e. The van der Waals surface area contributed by atoms with E-state index in [0.717, 1.165) is 30.9 Å². The Kier molecular flexibility index (Phi) is 3.33. The molecule has 0 radical (unpaired) electrons. The van der Waals surface area contributed by atoms with Gasteiger partial charge in [-0.05, 0) is 37.1 Å². The normalized spacial score (nSPS) is 18.2. The molecule has 1 fully saturated rings. The third-order valence-electron chi connectivity index (χ3n) is 3.57. The Morgan fingerprint density at radius 2 is 2.15 bits per heavy atom. The summed E-state index contributed by atoms with van der Waals surface area (Å²) >= 11 is 0. The first-order valence-electron chi connectivity index (χ1n) is 6.62. The van der Waals surface area contributed by atoms with Crippen LogP contribution in [0.4, 0.5) is 5.82 Å². The number of hydrogen-bond donors (Lipinski definition) is 1. The zero-order valence-corrected chi connectivity index (χ0v) is 10.9. The average Bonchev–Trinajstić information content (AvgIpc) is 2.97. The number of rotatable bonds is 3. The van der Waals surface area contributed by atoms with Gasteiger partial charge in [-0.2, -0.15) is 0 Å². The number of carboxylic acid groups (broad SMARTS) is 1. The third-order valence-corrected chi connectivity index (χ3v) is 3.57. The fourth-order valence-electron chi connectivity index (χ4n) is 2.60. The van der Waals surface area contributed by atoms with Crippen LogP contribution in [0, 0.1) is 0 Å². The molecule has 3 rings (SSSR count). The Bertz CT molecular complexity index is 598. The molecule has 0 aromatic carbocycles. The van der Waals surface area contributed by atoms with Crippen molar-refractivity contribution >= 4 is 11.8 Å². The van der Waals surface area contributed by atoms with E-state index < -0.39 is 5.97 Å². The number of anilines is 1. The summed E-state index contributed by atoms with van der Waals surface area (Å²) in [5, 5.41) is 8.91. The van der Waals surface area contributed by atoms with Crippen LogP contribution in [0.1, 0.15) is 34.9 Å². The molecule has 0 aliphatic carbocycles. The third kappa shape index (κ3) is 2.34. The molecule has 2 aromatic heterocycles. The highest BCUT2D eigenvalue weighted by Gasteiger charge is 2.27. The second kappa shape index (κ2) is 5.28. The summed E-state index contributed by atoms with van der Waals surface area (Å²) in [6.45, 7) is 0.917. The van der Waals surface area contributed by atoms with Crippen LogP contribution in [-0.2, 0) is 0 Å². The maximum absolute atomic E-state index is 10.9. The van der Waals surface area contributed by atoms with Gasteiger partial charge in [-0.15, -0.1) is 0 Å². The molecular weight excluding hydrogens is 254 g/mol. The van der Waals surface area contributed by atoms with Crippen molar-refractivity contribution in [3.63, 3.8) is 0 Å². The number of nitrogens with zero attached hydrogens (tertiary/aromatic N) is 3. The second-order valence-electron chi connectivity index (χ2n) is 4.82. The van der Waals surface area contributed by atoms with Crippen molar-refractivity contribution in [2.45, 2.75) is 18.9 Å². The van der Waals surface area contributed by atoms with Crippen LogP contribution in [0.5, 0.6) is 0 Å². The molecule has 20 heavy (non-hydrogen) atoms. The molecule has 0 spiro atoms. The van der Waals surface area contributed by atoms with Crippen molar-refractivity contribution in [3.8, 4) is 0 Å². The van der Waals surface area contributed by atoms with E-state index in [1.54, 1.807) is 18.3 Å². The predicted molar refractivity (Wildman–Crippen MR) is 74.8 cm³/mol. The minimum atomic E-state index is -0.952. The van der Waals surface area contributed by atoms with Gasteiger partial charge < -0.3 is 10.0 Å². The second-order valence-corrected chi connectivity index (χ2v) is 4.82. The van der Waals surface area contributed by atoms with E-state index in [-0.39, 0.29) is 11.6 Å². The quantitative estimate of drug-likeness (QED) is 0.927. The standard InChI is InChI=1S/C15H15N3O2/c19-15(20)11-6-7-14(17-10-11)18-9-3-5-13(18)12-4-1-2-8-16-12/h1-2,4,6-8,10,13H,3,5,9H2,(H,19,20)/t13-/m0/s1. The molecule has 0 amide bonds. The number of carboxylic acids is 1. The lowest BCUT2D eigenvalue weighted by Gasteiger charge is -2.25. The van der Waals surface area contributed by atoms with E-state index in [4.69, 9.17) is 5.11 Å². The Labute approximate surface area is 116 Å². The minimum Gasteiger partial charge on any atom is -0.478 e. The molecule has 0 saturated carbocycles. The molecule has 1 atom stereocenters. The molecule has 0 bridgehead atoms. The zero-order chi connectivity index (χ0) is 13.9. The minimum absolute atomic E-state index is 0.210. The molecule has 102 valence electrons. The van der Waals surface area contributed by atoms with Gasteiger partial charge >= 0.3 is 5.97 Å². The first kappa shape index (κ1) is 12.6. The number of hydrogen-bond acceptors (Lipinski definition) is 4. The van der Waals surface area contributed by atoms with Crippen molar-refractivity contribution in [1.29, 1.82) is 0 Å². The van der Waals surface area contributed by atoms with Gasteiger partial charge in [0.05, 0.1) is 17.3 Å². The number of aromatic carboxylic acids is 1. The van der Waals surface area contributed by atoms with E-state index >= 15 is 0 Å². The van der Waals surface area contributed by atoms with Crippen molar-refractivity contribution in [2.24, 2.45) is 0 Å². The van der Waals surface area contributed by atoms with Crippen LogP contribution < -0.4 is 4.90 Å². The van der Waals surface area contributed by atoms with Crippen molar-refractivity contribution < 1.29 is 9.90 Å². The van der Waals surface area contributed by atoms with Gasteiger partial charge in [0.25, 0.3) is 0 Å². The topological polar surface area (TPSA) is 66.3 Å². The number of carbonyl (C=O) groups is 1. The van der Waals surface area contributed by atoms with Crippen LogP contribution in [-0.4, -0.2) is 27.6 Å². The summed E-state index contributed by atoms with van der Waals surface area (Å²) < 4.78 is 0. The summed E-state index contributed by atoms with van der Waals surface area (Å²) in [7, 11) is 0. The lowest BCUT2D eigenvalue weighted by molar-refractivity contribution is 0.0696. The summed E-state index contributed by atoms with van der Waals surface area (Å²) in [6, 6.07) is 9.50. The zero-order valence-electron chi connectivity index (χ0n) is 10.9. The number of pyridine rings is 2. The molecule has 1 aliphatic heterocycles. The largest absolute Gasteiger partial charge is 0.478 e. The molecule has 1 aliphatic rings. The maximum atomic E-state index is 10.9. The fraction of sp³-hybridized carbons (Fsp3) is 0.267. The monoisotopic (exact) mass is 269 g/mol. The summed E-state index contributed by atoms with van der Waals surface area (Å²) in [4.78, 5) is 21.7. The first-order chi connectivity index (χ1) is 9.75. The van der Waals surface area contributed by atoms with Gasteiger partial charge in [0.15, 0.2) is 0 Å². The molecular formula is C15H15N3O2. The van der Waals surface area contributed by atoms with Gasteiger partial charge in [-0.25, -0.2) is 9.78 Å². The Balaban J connectivity index is 1.87. The first-order valence-corrected chi connectivity index (χ1v) is 6.62.